The summed E-state index contributed by atoms with van der Waals surface area (Å²) in [5, 5.41) is 13.1. The van der Waals surface area contributed by atoms with Crippen LogP contribution in [0.15, 0.2) is 47.3 Å². The third-order valence-electron chi connectivity index (χ3n) is 4.38. The molecule has 0 radical (unpaired) electrons. The third kappa shape index (κ3) is 6.17. The van der Waals surface area contributed by atoms with Crippen molar-refractivity contribution in [1.82, 2.24) is 10.3 Å². The van der Waals surface area contributed by atoms with Crippen LogP contribution in [-0.4, -0.2) is 49.6 Å². The van der Waals surface area contributed by atoms with Crippen LogP contribution in [0.2, 0.25) is 0 Å². The van der Waals surface area contributed by atoms with Crippen LogP contribution >= 0.6 is 11.3 Å². The van der Waals surface area contributed by atoms with E-state index in [0.29, 0.717) is 31.9 Å². The molecule has 1 heterocycles. The number of phenols is 1. The number of nitrogens with one attached hydrogen (secondary N) is 2. The van der Waals surface area contributed by atoms with Gasteiger partial charge in [-0.1, -0.05) is 47.7 Å². The molecule has 0 saturated heterocycles. The number of aromatic nitrogens is 1. The molecule has 0 aliphatic rings. The van der Waals surface area contributed by atoms with Crippen molar-refractivity contribution in [2.45, 2.75) is 12.8 Å². The van der Waals surface area contributed by atoms with Gasteiger partial charge in [-0.05, 0) is 36.6 Å². The average molecular weight is 403 g/mol. The molecule has 3 rings (SSSR count). The largest absolute Gasteiger partial charge is 0.506 e. The minimum Gasteiger partial charge on any atom is -0.506 e. The van der Waals surface area contributed by atoms with Crippen molar-refractivity contribution >= 4 is 21.6 Å². The van der Waals surface area contributed by atoms with Gasteiger partial charge in [0.25, 0.3) is 0 Å². The Labute approximate surface area is 168 Å². The number of aromatic amines is 1. The van der Waals surface area contributed by atoms with E-state index in [-0.39, 0.29) is 10.6 Å². The maximum absolute atomic E-state index is 11.5. The second kappa shape index (κ2) is 11.0. The lowest BCUT2D eigenvalue weighted by molar-refractivity contribution is 0.0501. The maximum atomic E-state index is 11.5. The van der Waals surface area contributed by atoms with Gasteiger partial charge in [-0.3, -0.25) is 4.79 Å². The molecule has 7 heteroatoms. The number of hydrogen-bond donors (Lipinski definition) is 3. The highest BCUT2D eigenvalue weighted by molar-refractivity contribution is 7.16. The van der Waals surface area contributed by atoms with Gasteiger partial charge in [0.05, 0.1) is 31.1 Å². The van der Waals surface area contributed by atoms with E-state index in [1.807, 2.05) is 24.3 Å². The Morgan fingerprint density at radius 3 is 2.54 bits per heavy atom. The van der Waals surface area contributed by atoms with Gasteiger partial charge in [-0.2, -0.15) is 0 Å². The van der Waals surface area contributed by atoms with Crippen LogP contribution in [0.3, 0.4) is 0 Å². The molecule has 0 amide bonds. The molecule has 1 aromatic heterocycles. The van der Waals surface area contributed by atoms with E-state index >= 15 is 0 Å². The van der Waals surface area contributed by atoms with Crippen LogP contribution in [0.4, 0.5) is 0 Å². The zero-order chi connectivity index (χ0) is 19.6. The molecule has 3 N–H and O–H groups in total. The van der Waals surface area contributed by atoms with Crippen LogP contribution < -0.4 is 10.2 Å². The number of ether oxygens (including phenoxy) is 2. The average Bonchev–Trinajstić information content (AvgIpc) is 3.11. The van der Waals surface area contributed by atoms with Gasteiger partial charge in [0.1, 0.15) is 11.3 Å². The number of phenolic OH excluding ortho intramolecular Hbond substituents is 1. The molecule has 0 spiro atoms. The van der Waals surface area contributed by atoms with Crippen molar-refractivity contribution in [3.05, 3.63) is 63.3 Å². The zero-order valence-electron chi connectivity index (χ0n) is 15.8. The van der Waals surface area contributed by atoms with E-state index in [1.54, 1.807) is 6.07 Å². The van der Waals surface area contributed by atoms with Gasteiger partial charge in [-0.25, -0.2) is 0 Å². The second-order valence-electron chi connectivity index (χ2n) is 6.42. The first-order valence-corrected chi connectivity index (χ1v) is 10.3. The van der Waals surface area contributed by atoms with Crippen LogP contribution in [0.25, 0.3) is 10.2 Å². The summed E-state index contributed by atoms with van der Waals surface area (Å²) < 4.78 is 12.0. The molecule has 2 aromatic carbocycles. The Balaban J connectivity index is 1.22. The van der Waals surface area contributed by atoms with E-state index in [0.717, 1.165) is 47.5 Å². The van der Waals surface area contributed by atoms with Crippen LogP contribution in [-0.2, 0) is 22.3 Å². The van der Waals surface area contributed by atoms with Crippen LogP contribution in [0.5, 0.6) is 5.75 Å². The van der Waals surface area contributed by atoms with Crippen molar-refractivity contribution in [3.63, 3.8) is 0 Å². The van der Waals surface area contributed by atoms with Gasteiger partial charge in [0.2, 0.25) is 0 Å². The van der Waals surface area contributed by atoms with E-state index < -0.39 is 0 Å². The van der Waals surface area contributed by atoms with Crippen LogP contribution in [0.1, 0.15) is 11.1 Å². The van der Waals surface area contributed by atoms with E-state index in [4.69, 9.17) is 9.47 Å². The fourth-order valence-electron chi connectivity index (χ4n) is 2.92. The summed E-state index contributed by atoms with van der Waals surface area (Å²) in [7, 11) is 0. The molecule has 3 aromatic rings. The summed E-state index contributed by atoms with van der Waals surface area (Å²) in [6.07, 6.45) is 1.70. The first-order valence-electron chi connectivity index (χ1n) is 9.48. The molecule has 6 nitrogen and oxygen atoms in total. The van der Waals surface area contributed by atoms with Crippen molar-refractivity contribution in [3.8, 4) is 5.75 Å². The molecule has 0 atom stereocenters. The van der Waals surface area contributed by atoms with Gasteiger partial charge >= 0.3 is 4.87 Å². The Morgan fingerprint density at radius 2 is 1.71 bits per heavy atom. The molecule has 0 aliphatic carbocycles. The Kier molecular flexibility index (Phi) is 8.05. The van der Waals surface area contributed by atoms with Crippen molar-refractivity contribution < 1.29 is 14.6 Å². The smallest absolute Gasteiger partial charge is 0.305 e. The summed E-state index contributed by atoms with van der Waals surface area (Å²) >= 11 is 1.14. The molecule has 0 unspecified atom stereocenters. The van der Waals surface area contributed by atoms with Crippen LogP contribution in [0, 0.1) is 0 Å². The fraction of sp³-hybridized carbons (Fsp3) is 0.381. The highest BCUT2D eigenvalue weighted by Gasteiger charge is 2.09. The quantitative estimate of drug-likeness (QED) is 0.406. The third-order valence-corrected chi connectivity index (χ3v) is 5.34. The number of rotatable bonds is 12. The van der Waals surface area contributed by atoms with Crippen molar-refractivity contribution in [1.29, 1.82) is 0 Å². The standard InChI is InChI=1S/C21H26N2O4S/c24-18-7-6-17(20-19(18)23-21(25)28-20)8-10-22-11-13-27-15-14-26-12-9-16-4-2-1-3-5-16/h1-7,22,24H,8-15H2,(H,23,25). The molecular weight excluding hydrogens is 376 g/mol. The number of thiazole rings is 1. The summed E-state index contributed by atoms with van der Waals surface area (Å²) in [5.41, 5.74) is 2.87. The van der Waals surface area contributed by atoms with E-state index in [1.165, 1.54) is 5.56 Å². The zero-order valence-corrected chi connectivity index (χ0v) is 16.6. The highest BCUT2D eigenvalue weighted by Crippen LogP contribution is 2.27. The minimum absolute atomic E-state index is 0.115. The van der Waals surface area contributed by atoms with E-state index in [2.05, 4.69) is 22.4 Å². The number of aromatic hydroxyl groups is 1. The summed E-state index contributed by atoms with van der Waals surface area (Å²) in [6.45, 7) is 4.07. The highest BCUT2D eigenvalue weighted by atomic mass is 32.1. The van der Waals surface area contributed by atoms with E-state index in [9.17, 15) is 9.90 Å². The SMILES string of the molecule is O=c1[nH]c2c(O)ccc(CCNCCOCCOCCc3ccccc3)c2s1. The molecule has 0 bridgehead atoms. The minimum atomic E-state index is -0.148. The fourth-order valence-corrected chi connectivity index (χ4v) is 3.82. The topological polar surface area (TPSA) is 83.6 Å². The van der Waals surface area contributed by atoms with Crippen molar-refractivity contribution in [2.75, 3.05) is 39.5 Å². The molecule has 28 heavy (non-hydrogen) atoms. The lowest BCUT2D eigenvalue weighted by Crippen LogP contribution is -2.23. The first kappa shape index (κ1) is 20.5. The monoisotopic (exact) mass is 402 g/mol. The van der Waals surface area contributed by atoms with Gasteiger partial charge in [-0.15, -0.1) is 0 Å². The van der Waals surface area contributed by atoms with Crippen molar-refractivity contribution in [2.24, 2.45) is 0 Å². The lowest BCUT2D eigenvalue weighted by atomic mass is 10.1. The molecular formula is C21H26N2O4S. The summed E-state index contributed by atoms with van der Waals surface area (Å²) in [6, 6.07) is 13.8. The summed E-state index contributed by atoms with van der Waals surface area (Å²) in [4.78, 5) is 14.0. The molecule has 150 valence electrons. The molecule has 0 aliphatic heterocycles. The summed E-state index contributed by atoms with van der Waals surface area (Å²) in [5.74, 6) is 0.115. The van der Waals surface area contributed by atoms with Gasteiger partial charge in [0, 0.05) is 6.54 Å². The number of fused-ring (bicyclic) bond motifs is 1. The Hall–Kier alpha value is -2.19. The predicted molar refractivity (Wildman–Crippen MR) is 112 cm³/mol. The van der Waals surface area contributed by atoms with Gasteiger partial charge < -0.3 is 24.9 Å². The maximum Gasteiger partial charge on any atom is 0.305 e. The molecule has 0 fully saturated rings. The number of H-pyrrole nitrogens is 1. The second-order valence-corrected chi connectivity index (χ2v) is 7.41. The van der Waals surface area contributed by atoms with Gasteiger partial charge in [0.15, 0.2) is 0 Å². The Morgan fingerprint density at radius 1 is 0.929 bits per heavy atom. The Bertz CT molecular complexity index is 908. The molecule has 0 saturated carbocycles. The first-order chi connectivity index (χ1) is 13.7. The number of benzene rings is 2. The predicted octanol–water partition coefficient (Wildman–Crippen LogP) is 2.70. The lowest BCUT2D eigenvalue weighted by Gasteiger charge is -2.08. The normalized spacial score (nSPS) is 11.3. The number of hydrogen-bond acceptors (Lipinski definition) is 6.